The van der Waals surface area contributed by atoms with Gasteiger partial charge in [-0.25, -0.2) is 14.8 Å². The van der Waals surface area contributed by atoms with Gasteiger partial charge in [-0.3, -0.25) is 18.7 Å². The number of fused-ring (bicyclic) bond motifs is 1. The lowest BCUT2D eigenvalue weighted by molar-refractivity contribution is -0.137. The molecular weight excluding hydrogens is 469 g/mol. The van der Waals surface area contributed by atoms with E-state index in [1.807, 2.05) is 0 Å². The van der Waals surface area contributed by atoms with Gasteiger partial charge in [0.2, 0.25) is 5.78 Å². The van der Waals surface area contributed by atoms with Gasteiger partial charge in [-0.2, -0.15) is 0 Å². The van der Waals surface area contributed by atoms with E-state index >= 15 is 0 Å². The van der Waals surface area contributed by atoms with Crippen LogP contribution in [-0.4, -0.2) is 40.9 Å². The number of imidazole rings is 2. The van der Waals surface area contributed by atoms with Crippen LogP contribution in [0.3, 0.4) is 0 Å². The molecule has 158 valence electrons. The molecule has 0 spiro atoms. The second-order valence-corrected chi connectivity index (χ2v) is 7.78. The summed E-state index contributed by atoms with van der Waals surface area (Å²) in [5.74, 6) is -1.52. The van der Waals surface area contributed by atoms with Crippen molar-refractivity contribution >= 4 is 57.7 Å². The first-order valence-corrected chi connectivity index (χ1v) is 9.89. The van der Waals surface area contributed by atoms with E-state index in [0.717, 1.165) is 4.57 Å². The van der Waals surface area contributed by atoms with Crippen LogP contribution in [0.5, 0.6) is 0 Å². The minimum atomic E-state index is -1.28. The maximum absolute atomic E-state index is 13.0. The molecule has 4 aromatic rings. The van der Waals surface area contributed by atoms with Crippen molar-refractivity contribution in [3.63, 3.8) is 0 Å². The summed E-state index contributed by atoms with van der Waals surface area (Å²) in [7, 11) is 0. The highest BCUT2D eigenvalue weighted by atomic mass is 35.5. The van der Waals surface area contributed by atoms with Gasteiger partial charge in [0.1, 0.15) is 23.2 Å². The number of aromatic nitrogens is 5. The predicted molar refractivity (Wildman–Crippen MR) is 114 cm³/mol. The summed E-state index contributed by atoms with van der Waals surface area (Å²) in [6.45, 7) is -0.747. The van der Waals surface area contributed by atoms with Crippen molar-refractivity contribution in [3.8, 4) is 0 Å². The molecule has 9 nitrogen and oxygen atoms in total. The summed E-state index contributed by atoms with van der Waals surface area (Å²) >= 11 is 17.9. The maximum atomic E-state index is 13.0. The number of halogens is 3. The van der Waals surface area contributed by atoms with Crippen LogP contribution in [0.25, 0.3) is 11.2 Å². The molecule has 0 bridgehead atoms. The first-order valence-electron chi connectivity index (χ1n) is 8.75. The summed E-state index contributed by atoms with van der Waals surface area (Å²) in [6, 6.07) is 7.56. The monoisotopic (exact) mass is 479 g/mol. The number of benzene rings is 1. The van der Waals surface area contributed by atoms with Gasteiger partial charge in [0, 0.05) is 16.8 Å². The molecule has 1 aromatic carbocycles. The highest BCUT2D eigenvalue weighted by Gasteiger charge is 2.23. The zero-order chi connectivity index (χ0) is 22.3. The quantitative estimate of drug-likeness (QED) is 0.323. The molecule has 0 amide bonds. The highest BCUT2D eigenvalue weighted by Crippen LogP contribution is 2.23. The van der Waals surface area contributed by atoms with Gasteiger partial charge < -0.3 is 10.1 Å². The van der Waals surface area contributed by atoms with Crippen molar-refractivity contribution in [2.45, 2.75) is 13.1 Å². The molecule has 0 radical (unpaired) electrons. The molecule has 0 atom stereocenters. The van der Waals surface area contributed by atoms with Crippen LogP contribution in [0.15, 0.2) is 41.3 Å². The molecule has 0 fully saturated rings. The number of aliphatic carboxylic acids is 1. The average molecular weight is 481 g/mol. The number of ketones is 1. The summed E-state index contributed by atoms with van der Waals surface area (Å²) in [5.41, 5.74) is 0.243. The van der Waals surface area contributed by atoms with Crippen molar-refractivity contribution in [3.05, 3.63) is 79.3 Å². The van der Waals surface area contributed by atoms with E-state index in [2.05, 4.69) is 15.0 Å². The minimum absolute atomic E-state index is 0.0476. The van der Waals surface area contributed by atoms with Crippen LogP contribution in [0.2, 0.25) is 15.2 Å². The van der Waals surface area contributed by atoms with Gasteiger partial charge in [-0.15, -0.1) is 0 Å². The number of H-pyrrole nitrogens is 1. The number of rotatable bonds is 6. The van der Waals surface area contributed by atoms with Crippen LogP contribution in [-0.2, 0) is 17.9 Å². The lowest BCUT2D eigenvalue weighted by atomic mass is 10.1. The normalized spacial score (nSPS) is 11.2. The van der Waals surface area contributed by atoms with E-state index in [9.17, 15) is 19.5 Å². The largest absolute Gasteiger partial charge is 0.480 e. The molecule has 0 saturated heterocycles. The van der Waals surface area contributed by atoms with Crippen molar-refractivity contribution in [1.29, 1.82) is 0 Å². The van der Waals surface area contributed by atoms with Crippen LogP contribution in [0.1, 0.15) is 21.9 Å². The summed E-state index contributed by atoms with van der Waals surface area (Å²) in [5, 5.41) is 9.90. The van der Waals surface area contributed by atoms with Crippen LogP contribution in [0, 0.1) is 0 Å². The third kappa shape index (κ3) is 4.20. The van der Waals surface area contributed by atoms with Gasteiger partial charge in [0.25, 0.3) is 0 Å². The van der Waals surface area contributed by atoms with Gasteiger partial charge in [-0.1, -0.05) is 34.8 Å². The fraction of sp³-hybridized carbons (Fsp3) is 0.105. The molecule has 3 aromatic heterocycles. The zero-order valence-corrected chi connectivity index (χ0v) is 17.7. The number of carboxylic acids is 1. The standard InChI is InChI=1S/C19H12Cl3N5O4/c20-9-1-2-10(11(21)5-9)17(30)13-6-26(19(31)27(13)8-16(28)29)7-15-23-12-3-4-14(22)24-18(12)25-15/h1-6H,7-8H2,(H,28,29)(H,23,24,25). The van der Waals surface area contributed by atoms with Gasteiger partial charge in [0.05, 0.1) is 17.1 Å². The smallest absolute Gasteiger partial charge is 0.329 e. The molecule has 31 heavy (non-hydrogen) atoms. The van der Waals surface area contributed by atoms with Crippen LogP contribution in [0.4, 0.5) is 0 Å². The van der Waals surface area contributed by atoms with Crippen molar-refractivity contribution in [2.75, 3.05) is 0 Å². The molecule has 2 N–H and O–H groups in total. The second kappa shape index (κ2) is 8.18. The topological polar surface area (TPSA) is 123 Å². The Morgan fingerprint density at radius 2 is 1.87 bits per heavy atom. The van der Waals surface area contributed by atoms with Gasteiger partial charge in [-0.05, 0) is 30.3 Å². The summed E-state index contributed by atoms with van der Waals surface area (Å²) in [6.07, 6.45) is 1.27. The fourth-order valence-electron chi connectivity index (χ4n) is 3.08. The molecule has 0 aliphatic heterocycles. The second-order valence-electron chi connectivity index (χ2n) is 6.55. The number of carboxylic acid groups (broad SMARTS) is 1. The van der Waals surface area contributed by atoms with Crippen molar-refractivity contribution in [2.24, 2.45) is 0 Å². The molecule has 0 aliphatic rings. The predicted octanol–water partition coefficient (Wildman–Crippen LogP) is 3.25. The third-order valence-corrected chi connectivity index (χ3v) is 5.19. The molecule has 0 saturated carbocycles. The van der Waals surface area contributed by atoms with Crippen LogP contribution >= 0.6 is 34.8 Å². The van der Waals surface area contributed by atoms with E-state index in [-0.39, 0.29) is 28.0 Å². The zero-order valence-electron chi connectivity index (χ0n) is 15.5. The Balaban J connectivity index is 1.76. The first-order chi connectivity index (χ1) is 14.7. The van der Waals surface area contributed by atoms with E-state index in [4.69, 9.17) is 34.8 Å². The van der Waals surface area contributed by atoms with Gasteiger partial charge in [0.15, 0.2) is 5.65 Å². The summed E-state index contributed by atoms with van der Waals surface area (Å²) < 4.78 is 2.05. The van der Waals surface area contributed by atoms with Crippen molar-refractivity contribution < 1.29 is 14.7 Å². The minimum Gasteiger partial charge on any atom is -0.480 e. The SMILES string of the molecule is O=C(O)Cn1c(C(=O)c2ccc(Cl)cc2Cl)cn(Cc2nc3nc(Cl)ccc3[nH]2)c1=O. The van der Waals surface area contributed by atoms with Gasteiger partial charge >= 0.3 is 11.7 Å². The maximum Gasteiger partial charge on any atom is 0.329 e. The number of nitrogens with zero attached hydrogens (tertiary/aromatic N) is 4. The van der Waals surface area contributed by atoms with E-state index in [1.165, 1.54) is 29.0 Å². The molecule has 0 unspecified atom stereocenters. The van der Waals surface area contributed by atoms with Crippen LogP contribution < -0.4 is 5.69 Å². The van der Waals surface area contributed by atoms with E-state index < -0.39 is 24.0 Å². The Morgan fingerprint density at radius 1 is 1.10 bits per heavy atom. The van der Waals surface area contributed by atoms with E-state index in [0.29, 0.717) is 22.0 Å². The van der Waals surface area contributed by atoms with Crippen molar-refractivity contribution in [1.82, 2.24) is 24.1 Å². The fourth-order valence-corrected chi connectivity index (χ4v) is 3.72. The third-order valence-electron chi connectivity index (χ3n) is 4.43. The molecule has 12 heteroatoms. The number of carbonyl (C=O) groups is 2. The molecule has 4 rings (SSSR count). The highest BCUT2D eigenvalue weighted by molar-refractivity contribution is 6.37. The summed E-state index contributed by atoms with van der Waals surface area (Å²) in [4.78, 5) is 48.6. The Labute approximate surface area is 188 Å². The number of pyridine rings is 1. The Kier molecular flexibility index (Phi) is 5.57. The molecule has 0 aliphatic carbocycles. The number of hydrogen-bond acceptors (Lipinski definition) is 5. The Hall–Kier alpha value is -3.14. The number of nitrogens with one attached hydrogen (secondary N) is 1. The molecule has 3 heterocycles. The number of carbonyl (C=O) groups excluding carboxylic acids is 1. The Bertz CT molecular complexity index is 1410. The number of hydrogen-bond donors (Lipinski definition) is 2. The Morgan fingerprint density at radius 3 is 2.58 bits per heavy atom. The lowest BCUT2D eigenvalue weighted by Crippen LogP contribution is -2.29. The number of aromatic amines is 1. The lowest BCUT2D eigenvalue weighted by Gasteiger charge is -2.05. The molecular formula is C19H12Cl3N5O4. The first kappa shape index (κ1) is 21.1. The van der Waals surface area contributed by atoms with E-state index in [1.54, 1.807) is 12.1 Å². The average Bonchev–Trinajstić information content (AvgIpc) is 3.22.